The molecule has 3 N–H and O–H groups in total. The number of amides is 1. The van der Waals surface area contributed by atoms with Crippen molar-refractivity contribution in [2.24, 2.45) is 11.7 Å². The Morgan fingerprint density at radius 1 is 1.43 bits per heavy atom. The first-order valence-electron chi connectivity index (χ1n) is 7.63. The fraction of sp³-hybridized carbons (Fsp3) is 0.412. The lowest BCUT2D eigenvalue weighted by atomic mass is 10.1. The number of carbonyl (C=O) groups is 1. The molecule has 1 atom stereocenters. The molecule has 2 rings (SSSR count). The molecule has 0 bridgehead atoms. The van der Waals surface area contributed by atoms with E-state index < -0.39 is 0 Å². The van der Waals surface area contributed by atoms with Crippen molar-refractivity contribution in [1.29, 1.82) is 0 Å². The Kier molecular flexibility index (Phi) is 5.76. The summed E-state index contributed by atoms with van der Waals surface area (Å²) < 4.78 is 10.5. The van der Waals surface area contributed by atoms with Gasteiger partial charge in [0.15, 0.2) is 5.69 Å². The number of nitrogens with two attached hydrogens (primary N) is 1. The predicted octanol–water partition coefficient (Wildman–Crippen LogP) is 2.31. The summed E-state index contributed by atoms with van der Waals surface area (Å²) in [6, 6.07) is 7.44. The van der Waals surface area contributed by atoms with Gasteiger partial charge in [-0.2, -0.15) is 0 Å². The van der Waals surface area contributed by atoms with Crippen LogP contribution in [0.5, 0.6) is 5.75 Å². The van der Waals surface area contributed by atoms with E-state index in [1.54, 1.807) is 7.11 Å². The molecule has 1 aromatic heterocycles. The molecule has 0 saturated heterocycles. The smallest absolute Gasteiger partial charge is 0.273 e. The normalized spacial score (nSPS) is 12.2. The van der Waals surface area contributed by atoms with Crippen molar-refractivity contribution in [3.63, 3.8) is 0 Å². The number of rotatable bonds is 7. The third-order valence-electron chi connectivity index (χ3n) is 3.59. The SMILES string of the molecule is COc1cccc(CCNC(=O)c2coc(C(N)C(C)C)n2)c1. The fourth-order valence-corrected chi connectivity index (χ4v) is 2.07. The lowest BCUT2D eigenvalue weighted by Gasteiger charge is -2.10. The lowest BCUT2D eigenvalue weighted by Crippen LogP contribution is -2.26. The molecule has 0 spiro atoms. The summed E-state index contributed by atoms with van der Waals surface area (Å²) in [5, 5.41) is 2.82. The van der Waals surface area contributed by atoms with Gasteiger partial charge in [-0.25, -0.2) is 4.98 Å². The minimum Gasteiger partial charge on any atom is -0.497 e. The van der Waals surface area contributed by atoms with Crippen LogP contribution in [0.15, 0.2) is 34.9 Å². The number of nitrogens with one attached hydrogen (secondary N) is 1. The highest BCUT2D eigenvalue weighted by Crippen LogP contribution is 2.18. The number of benzene rings is 1. The Hall–Kier alpha value is -2.34. The third kappa shape index (κ3) is 4.56. The van der Waals surface area contributed by atoms with E-state index in [0.717, 1.165) is 11.3 Å². The number of methoxy groups -OCH3 is 1. The van der Waals surface area contributed by atoms with Gasteiger partial charge in [-0.05, 0) is 30.0 Å². The Morgan fingerprint density at radius 3 is 2.91 bits per heavy atom. The lowest BCUT2D eigenvalue weighted by molar-refractivity contribution is 0.0949. The molecular formula is C17H23N3O3. The number of hydrogen-bond acceptors (Lipinski definition) is 5. The largest absolute Gasteiger partial charge is 0.497 e. The van der Waals surface area contributed by atoms with Gasteiger partial charge in [-0.3, -0.25) is 4.79 Å². The van der Waals surface area contributed by atoms with Gasteiger partial charge in [-0.15, -0.1) is 0 Å². The van der Waals surface area contributed by atoms with Crippen molar-refractivity contribution >= 4 is 5.91 Å². The number of oxazole rings is 1. The molecule has 1 aromatic carbocycles. The van der Waals surface area contributed by atoms with Gasteiger partial charge < -0.3 is 20.2 Å². The van der Waals surface area contributed by atoms with Crippen molar-refractivity contribution < 1.29 is 13.9 Å². The van der Waals surface area contributed by atoms with Crippen LogP contribution in [-0.4, -0.2) is 24.5 Å². The van der Waals surface area contributed by atoms with Gasteiger partial charge in [0, 0.05) is 6.54 Å². The van der Waals surface area contributed by atoms with E-state index in [2.05, 4.69) is 10.3 Å². The van der Waals surface area contributed by atoms with Gasteiger partial charge in [-0.1, -0.05) is 26.0 Å². The Labute approximate surface area is 136 Å². The quantitative estimate of drug-likeness (QED) is 0.818. The second-order valence-electron chi connectivity index (χ2n) is 5.70. The molecule has 6 heteroatoms. The Balaban J connectivity index is 1.87. The van der Waals surface area contributed by atoms with Crippen LogP contribution in [0.3, 0.4) is 0 Å². The predicted molar refractivity (Wildman–Crippen MR) is 87.3 cm³/mol. The molecule has 1 amide bonds. The van der Waals surface area contributed by atoms with Gasteiger partial charge in [0.2, 0.25) is 5.89 Å². The average Bonchev–Trinajstić information content (AvgIpc) is 3.04. The fourth-order valence-electron chi connectivity index (χ4n) is 2.07. The molecule has 6 nitrogen and oxygen atoms in total. The topological polar surface area (TPSA) is 90.4 Å². The minimum absolute atomic E-state index is 0.192. The monoisotopic (exact) mass is 317 g/mol. The summed E-state index contributed by atoms with van der Waals surface area (Å²) in [7, 11) is 1.63. The number of ether oxygens (including phenoxy) is 1. The Morgan fingerprint density at radius 2 is 2.22 bits per heavy atom. The van der Waals surface area contributed by atoms with Crippen molar-refractivity contribution in [3.05, 3.63) is 47.7 Å². The number of nitrogens with zero attached hydrogens (tertiary/aromatic N) is 1. The molecular weight excluding hydrogens is 294 g/mol. The van der Waals surface area contributed by atoms with E-state index in [4.69, 9.17) is 14.9 Å². The summed E-state index contributed by atoms with van der Waals surface area (Å²) in [5.74, 6) is 1.12. The number of hydrogen-bond donors (Lipinski definition) is 2. The number of carbonyl (C=O) groups excluding carboxylic acids is 1. The molecule has 0 aliphatic carbocycles. The van der Waals surface area contributed by atoms with E-state index in [0.29, 0.717) is 18.9 Å². The second-order valence-corrected chi connectivity index (χ2v) is 5.70. The summed E-state index contributed by atoms with van der Waals surface area (Å²) in [4.78, 5) is 16.2. The maximum atomic E-state index is 12.1. The first-order valence-corrected chi connectivity index (χ1v) is 7.63. The van der Waals surface area contributed by atoms with Crippen molar-refractivity contribution in [1.82, 2.24) is 10.3 Å². The molecule has 124 valence electrons. The second kappa shape index (κ2) is 7.78. The van der Waals surface area contributed by atoms with E-state index >= 15 is 0 Å². The minimum atomic E-state index is -0.312. The molecule has 2 aromatic rings. The molecule has 0 aliphatic rings. The number of aromatic nitrogens is 1. The molecule has 23 heavy (non-hydrogen) atoms. The summed E-state index contributed by atoms with van der Waals surface area (Å²) in [6.07, 6.45) is 2.05. The molecule has 0 saturated carbocycles. The van der Waals surface area contributed by atoms with E-state index in [1.807, 2.05) is 38.1 Å². The standard InChI is InChI=1S/C17H23N3O3/c1-11(2)15(18)17-20-14(10-23-17)16(21)19-8-7-12-5-4-6-13(9-12)22-3/h4-6,9-11,15H,7-8,18H2,1-3H3,(H,19,21). The van der Waals surface area contributed by atoms with Gasteiger partial charge in [0.05, 0.1) is 13.2 Å². The zero-order valence-electron chi connectivity index (χ0n) is 13.7. The van der Waals surface area contributed by atoms with E-state index in [-0.39, 0.29) is 23.6 Å². The van der Waals surface area contributed by atoms with Crippen LogP contribution in [0.25, 0.3) is 0 Å². The maximum absolute atomic E-state index is 12.1. The zero-order valence-corrected chi connectivity index (χ0v) is 13.7. The molecule has 0 fully saturated rings. The van der Waals surface area contributed by atoms with Crippen LogP contribution in [-0.2, 0) is 6.42 Å². The van der Waals surface area contributed by atoms with Crippen LogP contribution in [0.1, 0.15) is 41.8 Å². The van der Waals surface area contributed by atoms with Crippen LogP contribution >= 0.6 is 0 Å². The summed E-state index contributed by atoms with van der Waals surface area (Å²) >= 11 is 0. The molecule has 0 radical (unpaired) electrons. The van der Waals surface area contributed by atoms with Crippen molar-refractivity contribution in [2.45, 2.75) is 26.3 Å². The van der Waals surface area contributed by atoms with Crippen LogP contribution in [0.4, 0.5) is 0 Å². The van der Waals surface area contributed by atoms with Gasteiger partial charge in [0.1, 0.15) is 12.0 Å². The highest BCUT2D eigenvalue weighted by Gasteiger charge is 2.19. The maximum Gasteiger partial charge on any atom is 0.273 e. The molecule has 1 unspecified atom stereocenters. The van der Waals surface area contributed by atoms with Crippen LogP contribution < -0.4 is 15.8 Å². The van der Waals surface area contributed by atoms with E-state index in [1.165, 1.54) is 6.26 Å². The van der Waals surface area contributed by atoms with Crippen LogP contribution in [0.2, 0.25) is 0 Å². The highest BCUT2D eigenvalue weighted by molar-refractivity contribution is 5.91. The van der Waals surface area contributed by atoms with Crippen LogP contribution in [0, 0.1) is 5.92 Å². The van der Waals surface area contributed by atoms with E-state index in [9.17, 15) is 4.79 Å². The average molecular weight is 317 g/mol. The van der Waals surface area contributed by atoms with Gasteiger partial charge in [0.25, 0.3) is 5.91 Å². The summed E-state index contributed by atoms with van der Waals surface area (Å²) in [5.41, 5.74) is 7.30. The van der Waals surface area contributed by atoms with Crippen molar-refractivity contribution in [2.75, 3.05) is 13.7 Å². The molecule has 1 heterocycles. The first-order chi connectivity index (χ1) is 11.0. The summed E-state index contributed by atoms with van der Waals surface area (Å²) in [6.45, 7) is 4.45. The molecule has 0 aliphatic heterocycles. The zero-order chi connectivity index (χ0) is 16.8. The first kappa shape index (κ1) is 17.0. The third-order valence-corrected chi connectivity index (χ3v) is 3.59. The highest BCUT2D eigenvalue weighted by atomic mass is 16.5. The van der Waals surface area contributed by atoms with Gasteiger partial charge >= 0.3 is 0 Å². The van der Waals surface area contributed by atoms with Crippen molar-refractivity contribution in [3.8, 4) is 5.75 Å². The Bertz CT molecular complexity index is 652.